The van der Waals surface area contributed by atoms with Gasteiger partial charge in [-0.1, -0.05) is 33.1 Å². The van der Waals surface area contributed by atoms with Crippen molar-refractivity contribution in [2.75, 3.05) is 0 Å². The van der Waals surface area contributed by atoms with Crippen LogP contribution < -0.4 is 0 Å². The molecule has 3 heteroatoms. The number of aromatic nitrogens is 1. The predicted molar refractivity (Wildman–Crippen MR) is 66.7 cm³/mol. The lowest BCUT2D eigenvalue weighted by molar-refractivity contribution is 0.441. The van der Waals surface area contributed by atoms with Gasteiger partial charge >= 0.3 is 0 Å². The Morgan fingerprint density at radius 2 is 2.00 bits per heavy atom. The maximum Gasteiger partial charge on any atom is 0.128 e. The molecule has 0 aliphatic heterocycles. The van der Waals surface area contributed by atoms with Crippen molar-refractivity contribution >= 4 is 11.3 Å². The molecule has 0 spiro atoms. The summed E-state index contributed by atoms with van der Waals surface area (Å²) in [5.41, 5.74) is 1.01. The van der Waals surface area contributed by atoms with E-state index in [-0.39, 0.29) is 0 Å². The van der Waals surface area contributed by atoms with E-state index in [4.69, 9.17) is 10.2 Å². The molecule has 0 N–H and O–H groups in total. The SMILES string of the molecule is CC(C)c1nc(C2CCCCC2)sc1C#N. The maximum absolute atomic E-state index is 9.10. The molecule has 0 radical (unpaired) electrons. The van der Waals surface area contributed by atoms with Crippen LogP contribution in [0.2, 0.25) is 0 Å². The Morgan fingerprint density at radius 3 is 2.50 bits per heavy atom. The van der Waals surface area contributed by atoms with Crippen LogP contribution in [-0.2, 0) is 0 Å². The van der Waals surface area contributed by atoms with Crippen molar-refractivity contribution in [1.82, 2.24) is 4.98 Å². The van der Waals surface area contributed by atoms with Gasteiger partial charge < -0.3 is 0 Å². The molecule has 1 aromatic rings. The molecule has 0 atom stereocenters. The number of thiazole rings is 1. The molecule has 0 amide bonds. The summed E-state index contributed by atoms with van der Waals surface area (Å²) in [6.45, 7) is 4.22. The minimum Gasteiger partial charge on any atom is -0.244 e. The summed E-state index contributed by atoms with van der Waals surface area (Å²) >= 11 is 1.62. The molecular formula is C13H18N2S. The van der Waals surface area contributed by atoms with E-state index < -0.39 is 0 Å². The zero-order valence-corrected chi connectivity index (χ0v) is 10.8. The van der Waals surface area contributed by atoms with Crippen LogP contribution in [0.1, 0.15) is 73.4 Å². The fraction of sp³-hybridized carbons (Fsp3) is 0.692. The molecule has 0 aromatic carbocycles. The lowest BCUT2D eigenvalue weighted by atomic mass is 9.90. The molecule has 86 valence electrons. The van der Waals surface area contributed by atoms with Crippen LogP contribution in [-0.4, -0.2) is 4.98 Å². The Labute approximate surface area is 101 Å². The summed E-state index contributed by atoms with van der Waals surface area (Å²) in [6.07, 6.45) is 6.53. The summed E-state index contributed by atoms with van der Waals surface area (Å²) in [4.78, 5) is 5.53. The van der Waals surface area contributed by atoms with Gasteiger partial charge in [0.2, 0.25) is 0 Å². The molecule has 1 aromatic heterocycles. The number of hydrogen-bond donors (Lipinski definition) is 0. The van der Waals surface area contributed by atoms with Crippen LogP contribution in [0.4, 0.5) is 0 Å². The fourth-order valence-electron chi connectivity index (χ4n) is 2.34. The number of hydrogen-bond acceptors (Lipinski definition) is 3. The van der Waals surface area contributed by atoms with E-state index in [0.717, 1.165) is 10.6 Å². The summed E-state index contributed by atoms with van der Waals surface area (Å²) in [5, 5.41) is 10.3. The second-order valence-electron chi connectivity index (χ2n) is 4.87. The van der Waals surface area contributed by atoms with E-state index in [1.165, 1.54) is 37.1 Å². The Balaban J connectivity index is 2.25. The standard InChI is InChI=1S/C13H18N2S/c1-9(2)12-11(8-14)16-13(15-12)10-6-4-3-5-7-10/h9-10H,3-7H2,1-2H3. The van der Waals surface area contributed by atoms with Crippen LogP contribution in [0, 0.1) is 11.3 Å². The number of nitrogens with zero attached hydrogens (tertiary/aromatic N) is 2. The van der Waals surface area contributed by atoms with Crippen molar-refractivity contribution < 1.29 is 0 Å². The monoisotopic (exact) mass is 234 g/mol. The molecule has 2 rings (SSSR count). The van der Waals surface area contributed by atoms with E-state index in [1.807, 2.05) is 0 Å². The molecule has 16 heavy (non-hydrogen) atoms. The highest BCUT2D eigenvalue weighted by atomic mass is 32.1. The Bertz CT molecular complexity index is 395. The van der Waals surface area contributed by atoms with E-state index in [1.54, 1.807) is 11.3 Å². The average Bonchev–Trinajstić information content (AvgIpc) is 2.74. The van der Waals surface area contributed by atoms with Gasteiger partial charge in [0.25, 0.3) is 0 Å². The molecule has 1 heterocycles. The topological polar surface area (TPSA) is 36.7 Å². The third kappa shape index (κ3) is 2.27. The quantitative estimate of drug-likeness (QED) is 0.769. The summed E-state index contributed by atoms with van der Waals surface area (Å²) < 4.78 is 0. The van der Waals surface area contributed by atoms with Gasteiger partial charge in [0.15, 0.2) is 0 Å². The molecule has 1 aliphatic carbocycles. The second kappa shape index (κ2) is 4.97. The smallest absolute Gasteiger partial charge is 0.128 e. The maximum atomic E-state index is 9.10. The van der Waals surface area contributed by atoms with Crippen molar-refractivity contribution in [3.63, 3.8) is 0 Å². The predicted octanol–water partition coefficient (Wildman–Crippen LogP) is 4.19. The van der Waals surface area contributed by atoms with Crippen LogP contribution in [0.25, 0.3) is 0 Å². The third-order valence-electron chi connectivity index (χ3n) is 3.27. The molecule has 2 nitrogen and oxygen atoms in total. The van der Waals surface area contributed by atoms with Crippen LogP contribution in [0.15, 0.2) is 0 Å². The van der Waals surface area contributed by atoms with Gasteiger partial charge in [0, 0.05) is 5.92 Å². The molecule has 0 unspecified atom stereocenters. The molecule has 1 aliphatic rings. The number of rotatable bonds is 2. The minimum absolute atomic E-state index is 0.364. The largest absolute Gasteiger partial charge is 0.244 e. The van der Waals surface area contributed by atoms with Gasteiger partial charge in [-0.2, -0.15) is 5.26 Å². The zero-order valence-electron chi connectivity index (χ0n) is 9.99. The van der Waals surface area contributed by atoms with Gasteiger partial charge in [-0.25, -0.2) is 4.98 Å². The summed E-state index contributed by atoms with van der Waals surface area (Å²) in [5.74, 6) is 0.988. The Morgan fingerprint density at radius 1 is 1.31 bits per heavy atom. The van der Waals surface area contributed by atoms with Gasteiger partial charge in [-0.15, -0.1) is 11.3 Å². The second-order valence-corrected chi connectivity index (χ2v) is 5.90. The Hall–Kier alpha value is -0.880. The number of nitriles is 1. The first-order valence-electron chi connectivity index (χ1n) is 6.13. The third-order valence-corrected chi connectivity index (χ3v) is 4.41. The van der Waals surface area contributed by atoms with E-state index in [9.17, 15) is 0 Å². The first kappa shape index (κ1) is 11.6. The van der Waals surface area contributed by atoms with Crippen molar-refractivity contribution in [2.45, 2.75) is 57.8 Å². The molecular weight excluding hydrogens is 216 g/mol. The van der Waals surface area contributed by atoms with E-state index >= 15 is 0 Å². The first-order valence-corrected chi connectivity index (χ1v) is 6.94. The van der Waals surface area contributed by atoms with Crippen LogP contribution in [0.3, 0.4) is 0 Å². The minimum atomic E-state index is 0.364. The van der Waals surface area contributed by atoms with Crippen LogP contribution >= 0.6 is 11.3 Å². The van der Waals surface area contributed by atoms with Gasteiger partial charge in [-0.3, -0.25) is 0 Å². The highest BCUT2D eigenvalue weighted by Crippen LogP contribution is 2.37. The molecule has 1 fully saturated rings. The normalized spacial score (nSPS) is 17.6. The fourth-order valence-corrected chi connectivity index (χ4v) is 3.53. The molecule has 0 bridgehead atoms. The zero-order chi connectivity index (χ0) is 11.5. The highest BCUT2D eigenvalue weighted by Gasteiger charge is 2.22. The van der Waals surface area contributed by atoms with Gasteiger partial charge in [-0.05, 0) is 18.8 Å². The lowest BCUT2D eigenvalue weighted by Crippen LogP contribution is -2.04. The summed E-state index contributed by atoms with van der Waals surface area (Å²) in [6, 6.07) is 2.29. The van der Waals surface area contributed by atoms with E-state index in [0.29, 0.717) is 11.8 Å². The van der Waals surface area contributed by atoms with Crippen molar-refractivity contribution in [3.8, 4) is 6.07 Å². The average molecular weight is 234 g/mol. The van der Waals surface area contributed by atoms with Crippen molar-refractivity contribution in [3.05, 3.63) is 15.6 Å². The summed E-state index contributed by atoms with van der Waals surface area (Å²) in [7, 11) is 0. The van der Waals surface area contributed by atoms with Crippen LogP contribution in [0.5, 0.6) is 0 Å². The van der Waals surface area contributed by atoms with Gasteiger partial charge in [0.1, 0.15) is 10.9 Å². The molecule has 0 saturated heterocycles. The Kier molecular flexibility index (Phi) is 3.60. The van der Waals surface area contributed by atoms with E-state index in [2.05, 4.69) is 19.9 Å². The van der Waals surface area contributed by atoms with Gasteiger partial charge in [0.05, 0.1) is 10.7 Å². The molecule has 1 saturated carbocycles. The van der Waals surface area contributed by atoms with Crippen molar-refractivity contribution in [2.24, 2.45) is 0 Å². The lowest BCUT2D eigenvalue weighted by Gasteiger charge is -2.18. The highest BCUT2D eigenvalue weighted by molar-refractivity contribution is 7.12. The van der Waals surface area contributed by atoms with Crippen molar-refractivity contribution in [1.29, 1.82) is 5.26 Å². The first-order chi connectivity index (χ1) is 7.72.